The van der Waals surface area contributed by atoms with Crippen LogP contribution in [0.3, 0.4) is 0 Å². The van der Waals surface area contributed by atoms with Gasteiger partial charge in [0.25, 0.3) is 0 Å². The van der Waals surface area contributed by atoms with Crippen LogP contribution in [0.4, 0.5) is 5.69 Å². The predicted octanol–water partition coefficient (Wildman–Crippen LogP) is 1.45. The lowest BCUT2D eigenvalue weighted by Crippen LogP contribution is -2.60. The zero-order chi connectivity index (χ0) is 16.2. The van der Waals surface area contributed by atoms with E-state index in [4.69, 9.17) is 5.73 Å². The van der Waals surface area contributed by atoms with Crippen LogP contribution in [0.25, 0.3) is 0 Å². The molecular formula is C18H23N3O2. The van der Waals surface area contributed by atoms with Crippen molar-refractivity contribution in [2.24, 2.45) is 5.73 Å². The Morgan fingerprint density at radius 1 is 1.26 bits per heavy atom. The molecule has 2 atom stereocenters. The fourth-order valence-corrected chi connectivity index (χ4v) is 5.21. The molecule has 4 rings (SSSR count). The molecule has 2 spiro atoms. The number of hydrogen-bond donors (Lipinski definition) is 2. The number of nitrogens with zero attached hydrogens (tertiary/aromatic N) is 1. The summed E-state index contributed by atoms with van der Waals surface area (Å²) < 4.78 is 0. The van der Waals surface area contributed by atoms with E-state index in [0.29, 0.717) is 6.42 Å². The van der Waals surface area contributed by atoms with Crippen LogP contribution in [0.5, 0.6) is 0 Å². The van der Waals surface area contributed by atoms with Crippen LogP contribution >= 0.6 is 0 Å². The number of nitrogens with two attached hydrogens (primary N) is 1. The van der Waals surface area contributed by atoms with Gasteiger partial charge in [0.05, 0.1) is 11.5 Å². The monoisotopic (exact) mass is 313 g/mol. The Labute approximate surface area is 136 Å². The molecule has 3 aliphatic rings. The van der Waals surface area contributed by atoms with Gasteiger partial charge in [0, 0.05) is 18.3 Å². The number of nitrogens with one attached hydrogen (secondary N) is 1. The summed E-state index contributed by atoms with van der Waals surface area (Å²) in [7, 11) is 1.84. The zero-order valence-corrected chi connectivity index (χ0v) is 13.5. The molecule has 23 heavy (non-hydrogen) atoms. The number of likely N-dealkylation sites (N-methyl/N-ethyl adjacent to an activating group) is 1. The molecule has 5 heteroatoms. The van der Waals surface area contributed by atoms with Crippen LogP contribution in [0.1, 0.15) is 44.1 Å². The standard InChI is InChI=1S/C18H23N3O2/c1-21-14-8-4-3-7-12(14)18(16(21)23)11-13(15(19)22)20-17(18)9-5-2-6-10-17/h3-4,7-8,13,20H,2,5-6,9-11H2,1H3,(H2,19,22). The first-order chi connectivity index (χ1) is 11.0. The molecule has 5 nitrogen and oxygen atoms in total. The fourth-order valence-electron chi connectivity index (χ4n) is 5.21. The first-order valence-corrected chi connectivity index (χ1v) is 8.46. The molecule has 1 saturated carbocycles. The number of carbonyl (C=O) groups excluding carboxylic acids is 2. The largest absolute Gasteiger partial charge is 0.368 e. The van der Waals surface area contributed by atoms with Gasteiger partial charge >= 0.3 is 0 Å². The zero-order valence-electron chi connectivity index (χ0n) is 13.5. The minimum Gasteiger partial charge on any atom is -0.368 e. The Kier molecular flexibility index (Phi) is 3.07. The van der Waals surface area contributed by atoms with E-state index in [2.05, 4.69) is 11.4 Å². The van der Waals surface area contributed by atoms with Crippen LogP contribution < -0.4 is 16.0 Å². The van der Waals surface area contributed by atoms with Crippen molar-refractivity contribution in [3.05, 3.63) is 29.8 Å². The van der Waals surface area contributed by atoms with Gasteiger partial charge in [0.15, 0.2) is 0 Å². The fraction of sp³-hybridized carbons (Fsp3) is 0.556. The van der Waals surface area contributed by atoms with Gasteiger partial charge in [-0.15, -0.1) is 0 Å². The maximum absolute atomic E-state index is 13.4. The molecule has 1 aromatic rings. The third kappa shape index (κ3) is 1.71. The van der Waals surface area contributed by atoms with Crippen molar-refractivity contribution in [3.8, 4) is 0 Å². The SMILES string of the molecule is CN1C(=O)C2(CC(C(N)=O)NC23CCCCC3)c2ccccc21. The second-order valence-corrected chi connectivity index (χ2v) is 7.23. The summed E-state index contributed by atoms with van der Waals surface area (Å²) in [5.74, 6) is -0.247. The molecular weight excluding hydrogens is 290 g/mol. The van der Waals surface area contributed by atoms with Crippen molar-refractivity contribution in [1.29, 1.82) is 0 Å². The van der Waals surface area contributed by atoms with E-state index >= 15 is 0 Å². The van der Waals surface area contributed by atoms with Crippen molar-refractivity contribution < 1.29 is 9.59 Å². The first kappa shape index (κ1) is 14.7. The predicted molar refractivity (Wildman–Crippen MR) is 88.1 cm³/mol. The lowest BCUT2D eigenvalue weighted by molar-refractivity contribution is -0.125. The van der Waals surface area contributed by atoms with Crippen LogP contribution in [-0.4, -0.2) is 30.4 Å². The van der Waals surface area contributed by atoms with E-state index in [1.54, 1.807) is 4.90 Å². The Hall–Kier alpha value is -1.88. The normalized spacial score (nSPS) is 31.8. The molecule has 2 amide bonds. The highest BCUT2D eigenvalue weighted by Crippen LogP contribution is 2.57. The average Bonchev–Trinajstić information content (AvgIpc) is 3.00. The lowest BCUT2D eigenvalue weighted by Gasteiger charge is -2.45. The number of anilines is 1. The third-order valence-corrected chi connectivity index (χ3v) is 6.22. The van der Waals surface area contributed by atoms with Gasteiger partial charge in [-0.25, -0.2) is 0 Å². The summed E-state index contributed by atoms with van der Waals surface area (Å²) in [4.78, 5) is 27.0. The van der Waals surface area contributed by atoms with Gasteiger partial charge in [-0.1, -0.05) is 37.5 Å². The molecule has 1 aliphatic carbocycles. The Bertz CT molecular complexity index is 681. The molecule has 1 saturated heterocycles. The quantitative estimate of drug-likeness (QED) is 0.824. The van der Waals surface area contributed by atoms with Crippen LogP contribution in [0, 0.1) is 0 Å². The van der Waals surface area contributed by atoms with Gasteiger partial charge in [-0.3, -0.25) is 14.9 Å². The topological polar surface area (TPSA) is 75.4 Å². The van der Waals surface area contributed by atoms with Crippen molar-refractivity contribution in [1.82, 2.24) is 5.32 Å². The molecule has 2 fully saturated rings. The summed E-state index contributed by atoms with van der Waals surface area (Å²) in [6.45, 7) is 0. The van der Waals surface area contributed by atoms with Gasteiger partial charge in [0.1, 0.15) is 0 Å². The summed E-state index contributed by atoms with van der Waals surface area (Å²) in [6, 6.07) is 7.56. The summed E-state index contributed by atoms with van der Waals surface area (Å²) in [5.41, 5.74) is 6.64. The summed E-state index contributed by atoms with van der Waals surface area (Å²) in [6.07, 6.45) is 5.67. The molecule has 0 radical (unpaired) electrons. The van der Waals surface area contributed by atoms with E-state index < -0.39 is 11.5 Å². The number of fused-ring (bicyclic) bond motifs is 3. The average molecular weight is 313 g/mol. The molecule has 0 aromatic heterocycles. The van der Waals surface area contributed by atoms with Crippen molar-refractivity contribution in [3.63, 3.8) is 0 Å². The maximum atomic E-state index is 13.4. The summed E-state index contributed by atoms with van der Waals surface area (Å²) >= 11 is 0. The number of rotatable bonds is 1. The van der Waals surface area contributed by atoms with Crippen molar-refractivity contribution in [2.45, 2.75) is 55.5 Å². The molecule has 1 aromatic carbocycles. The number of primary amides is 1. The van der Waals surface area contributed by atoms with Gasteiger partial charge in [-0.05, 0) is 30.9 Å². The van der Waals surface area contributed by atoms with Gasteiger partial charge < -0.3 is 10.6 Å². The number of amides is 2. The van der Waals surface area contributed by atoms with Crippen LogP contribution in [-0.2, 0) is 15.0 Å². The molecule has 2 heterocycles. The van der Waals surface area contributed by atoms with E-state index in [1.165, 1.54) is 6.42 Å². The molecule has 3 N–H and O–H groups in total. The number of hydrogen-bond acceptors (Lipinski definition) is 3. The Balaban J connectivity index is 1.93. The van der Waals surface area contributed by atoms with Crippen LogP contribution in [0.2, 0.25) is 0 Å². The van der Waals surface area contributed by atoms with E-state index in [0.717, 1.165) is 36.9 Å². The third-order valence-electron chi connectivity index (χ3n) is 6.22. The number of para-hydroxylation sites is 1. The highest BCUT2D eigenvalue weighted by molar-refractivity contribution is 6.10. The number of benzene rings is 1. The smallest absolute Gasteiger partial charge is 0.239 e. The second kappa shape index (κ2) is 4.81. The molecule has 122 valence electrons. The molecule has 2 aliphatic heterocycles. The minimum absolute atomic E-state index is 0.108. The van der Waals surface area contributed by atoms with E-state index in [9.17, 15) is 9.59 Å². The van der Waals surface area contributed by atoms with E-state index in [1.807, 2.05) is 25.2 Å². The van der Waals surface area contributed by atoms with Crippen molar-refractivity contribution >= 4 is 17.5 Å². The highest BCUT2D eigenvalue weighted by Gasteiger charge is 2.67. The van der Waals surface area contributed by atoms with Gasteiger partial charge in [0.2, 0.25) is 11.8 Å². The Morgan fingerprint density at radius 2 is 1.96 bits per heavy atom. The van der Waals surface area contributed by atoms with E-state index in [-0.39, 0.29) is 17.4 Å². The van der Waals surface area contributed by atoms with Gasteiger partial charge in [-0.2, -0.15) is 0 Å². The molecule has 0 bridgehead atoms. The number of carbonyl (C=O) groups is 2. The summed E-state index contributed by atoms with van der Waals surface area (Å²) in [5, 5.41) is 3.51. The van der Waals surface area contributed by atoms with Crippen molar-refractivity contribution in [2.75, 3.05) is 11.9 Å². The Morgan fingerprint density at radius 3 is 2.65 bits per heavy atom. The second-order valence-electron chi connectivity index (χ2n) is 7.23. The maximum Gasteiger partial charge on any atom is 0.239 e. The minimum atomic E-state index is -0.654. The van der Waals surface area contributed by atoms with Crippen LogP contribution in [0.15, 0.2) is 24.3 Å². The highest BCUT2D eigenvalue weighted by atomic mass is 16.2. The lowest BCUT2D eigenvalue weighted by atomic mass is 9.60. The first-order valence-electron chi connectivity index (χ1n) is 8.46. The molecule has 2 unspecified atom stereocenters.